The molecular formula is C23H21NO5. The van der Waals surface area contributed by atoms with E-state index in [2.05, 4.69) is 5.32 Å². The molecule has 6 nitrogen and oxygen atoms in total. The molecule has 0 spiro atoms. The number of ether oxygens (including phenoxy) is 2. The first kappa shape index (κ1) is 18.8. The van der Waals surface area contributed by atoms with Crippen LogP contribution in [-0.4, -0.2) is 30.6 Å². The second kappa shape index (κ2) is 7.13. The SMILES string of the molecule is CCOC(=O)C1=C(C)NC2=C(C(=O)c3ccccc32)C1c1ccc(O)c(OC)c1. The van der Waals surface area contributed by atoms with Gasteiger partial charge in [-0.3, -0.25) is 4.79 Å². The van der Waals surface area contributed by atoms with Gasteiger partial charge < -0.3 is 19.9 Å². The van der Waals surface area contributed by atoms with E-state index in [1.165, 1.54) is 13.2 Å². The quantitative estimate of drug-likeness (QED) is 0.776. The van der Waals surface area contributed by atoms with E-state index < -0.39 is 11.9 Å². The van der Waals surface area contributed by atoms with Crippen molar-refractivity contribution in [3.8, 4) is 11.5 Å². The summed E-state index contributed by atoms with van der Waals surface area (Å²) >= 11 is 0. The second-order valence-electron chi connectivity index (χ2n) is 6.91. The van der Waals surface area contributed by atoms with Crippen LogP contribution < -0.4 is 10.1 Å². The molecule has 2 aromatic carbocycles. The minimum Gasteiger partial charge on any atom is -0.504 e. The number of phenolic OH excluding ortho intramolecular Hbond substituents is 1. The lowest BCUT2D eigenvalue weighted by molar-refractivity contribution is -0.138. The van der Waals surface area contributed by atoms with Crippen LogP contribution in [0.5, 0.6) is 11.5 Å². The molecule has 4 rings (SSSR count). The molecule has 0 saturated carbocycles. The molecule has 6 heteroatoms. The number of phenols is 1. The molecule has 0 radical (unpaired) electrons. The molecule has 2 aromatic rings. The first-order valence-electron chi connectivity index (χ1n) is 9.38. The number of benzene rings is 2. The third-order valence-electron chi connectivity index (χ3n) is 5.28. The van der Waals surface area contributed by atoms with E-state index in [9.17, 15) is 14.7 Å². The Balaban J connectivity index is 1.94. The van der Waals surface area contributed by atoms with E-state index in [4.69, 9.17) is 9.47 Å². The van der Waals surface area contributed by atoms with Crippen molar-refractivity contribution in [3.63, 3.8) is 0 Å². The number of fused-ring (bicyclic) bond motifs is 2. The van der Waals surface area contributed by atoms with Crippen molar-refractivity contribution in [2.45, 2.75) is 19.8 Å². The van der Waals surface area contributed by atoms with Crippen molar-refractivity contribution in [1.29, 1.82) is 0 Å². The lowest BCUT2D eigenvalue weighted by Gasteiger charge is -2.29. The summed E-state index contributed by atoms with van der Waals surface area (Å²) in [5, 5.41) is 13.3. The van der Waals surface area contributed by atoms with Gasteiger partial charge in [0.15, 0.2) is 17.3 Å². The van der Waals surface area contributed by atoms with Crippen molar-refractivity contribution in [2.75, 3.05) is 13.7 Å². The highest BCUT2D eigenvalue weighted by atomic mass is 16.5. The molecule has 1 aliphatic heterocycles. The molecule has 2 N–H and O–H groups in total. The number of methoxy groups -OCH3 is 1. The molecule has 148 valence electrons. The van der Waals surface area contributed by atoms with Gasteiger partial charge in [0.05, 0.1) is 25.0 Å². The molecular weight excluding hydrogens is 370 g/mol. The van der Waals surface area contributed by atoms with E-state index in [1.807, 2.05) is 18.2 Å². The highest BCUT2D eigenvalue weighted by Gasteiger charge is 2.43. The van der Waals surface area contributed by atoms with Gasteiger partial charge in [0.1, 0.15) is 0 Å². The average Bonchev–Trinajstić information content (AvgIpc) is 3.00. The van der Waals surface area contributed by atoms with Gasteiger partial charge in [0, 0.05) is 28.3 Å². The van der Waals surface area contributed by atoms with E-state index in [1.54, 1.807) is 32.0 Å². The lowest BCUT2D eigenvalue weighted by Crippen LogP contribution is -2.29. The molecule has 1 atom stereocenters. The van der Waals surface area contributed by atoms with Crippen LogP contribution in [0.4, 0.5) is 0 Å². The Hall–Kier alpha value is -3.54. The Labute approximate surface area is 168 Å². The lowest BCUT2D eigenvalue weighted by atomic mass is 9.79. The van der Waals surface area contributed by atoms with Crippen LogP contribution in [0.25, 0.3) is 5.70 Å². The summed E-state index contributed by atoms with van der Waals surface area (Å²) in [5.41, 5.74) is 4.27. The van der Waals surface area contributed by atoms with Crippen molar-refractivity contribution < 1.29 is 24.2 Å². The third kappa shape index (κ3) is 2.88. The number of hydrogen-bond donors (Lipinski definition) is 2. The first-order chi connectivity index (χ1) is 14.0. The molecule has 0 amide bonds. The third-order valence-corrected chi connectivity index (χ3v) is 5.28. The van der Waals surface area contributed by atoms with Gasteiger partial charge in [0.25, 0.3) is 0 Å². The normalized spacial score (nSPS) is 17.6. The largest absolute Gasteiger partial charge is 0.504 e. The highest BCUT2D eigenvalue weighted by molar-refractivity contribution is 6.23. The summed E-state index contributed by atoms with van der Waals surface area (Å²) in [6, 6.07) is 12.2. The van der Waals surface area contributed by atoms with E-state index in [0.29, 0.717) is 33.7 Å². The number of dihydropyridines is 1. The van der Waals surface area contributed by atoms with Crippen molar-refractivity contribution in [3.05, 3.63) is 76.0 Å². The maximum Gasteiger partial charge on any atom is 0.336 e. The zero-order valence-electron chi connectivity index (χ0n) is 16.4. The van der Waals surface area contributed by atoms with E-state index in [-0.39, 0.29) is 23.9 Å². The molecule has 2 aliphatic rings. The van der Waals surface area contributed by atoms with Crippen LogP contribution in [0, 0.1) is 0 Å². The molecule has 0 bridgehead atoms. The molecule has 0 aromatic heterocycles. The number of allylic oxidation sites excluding steroid dienone is 2. The topological polar surface area (TPSA) is 84.9 Å². The summed E-state index contributed by atoms with van der Waals surface area (Å²) in [6.07, 6.45) is 0. The summed E-state index contributed by atoms with van der Waals surface area (Å²) in [6.45, 7) is 3.76. The molecule has 1 heterocycles. The summed E-state index contributed by atoms with van der Waals surface area (Å²) in [4.78, 5) is 26.2. The Morgan fingerprint density at radius 1 is 1.17 bits per heavy atom. The monoisotopic (exact) mass is 391 g/mol. The number of ketones is 1. The van der Waals surface area contributed by atoms with Gasteiger partial charge in [-0.1, -0.05) is 30.3 Å². The number of carbonyl (C=O) groups excluding carboxylic acids is 2. The number of rotatable bonds is 4. The number of hydrogen-bond acceptors (Lipinski definition) is 6. The van der Waals surface area contributed by atoms with Gasteiger partial charge in [-0.2, -0.15) is 0 Å². The molecule has 29 heavy (non-hydrogen) atoms. The van der Waals surface area contributed by atoms with Crippen molar-refractivity contribution in [2.24, 2.45) is 0 Å². The van der Waals surface area contributed by atoms with Gasteiger partial charge in [-0.15, -0.1) is 0 Å². The van der Waals surface area contributed by atoms with Crippen molar-refractivity contribution in [1.82, 2.24) is 5.32 Å². The summed E-state index contributed by atoms with van der Waals surface area (Å²) < 4.78 is 10.5. The second-order valence-corrected chi connectivity index (χ2v) is 6.91. The Bertz CT molecular complexity index is 1100. The van der Waals surface area contributed by atoms with Crippen LogP contribution in [0.3, 0.4) is 0 Å². The first-order valence-corrected chi connectivity index (χ1v) is 9.38. The minimum absolute atomic E-state index is 0.0150. The molecule has 0 fully saturated rings. The molecule has 1 unspecified atom stereocenters. The number of carbonyl (C=O) groups is 2. The van der Waals surface area contributed by atoms with Crippen molar-refractivity contribution >= 4 is 17.4 Å². The Kier molecular flexibility index (Phi) is 4.62. The minimum atomic E-state index is -0.639. The average molecular weight is 391 g/mol. The van der Waals surface area contributed by atoms with E-state index in [0.717, 1.165) is 5.56 Å². The standard InChI is InChI=1S/C23H21NO5/c1-4-29-23(27)18-12(2)24-21-14-7-5-6-8-15(14)22(26)20(21)19(18)13-9-10-16(25)17(11-13)28-3/h5-11,19,24-25H,4H2,1-3H3. The van der Waals surface area contributed by atoms with Gasteiger partial charge >= 0.3 is 5.97 Å². The van der Waals surface area contributed by atoms with Gasteiger partial charge in [-0.05, 0) is 31.5 Å². The number of aromatic hydroxyl groups is 1. The molecule has 0 saturated heterocycles. The van der Waals surface area contributed by atoms with E-state index >= 15 is 0 Å². The Morgan fingerprint density at radius 3 is 2.59 bits per heavy atom. The number of Topliss-reactive ketones (excluding diaryl/α,β-unsaturated/α-hetero) is 1. The predicted octanol–water partition coefficient (Wildman–Crippen LogP) is 3.53. The summed E-state index contributed by atoms with van der Waals surface area (Å²) in [5.74, 6) is -0.996. The maximum atomic E-state index is 13.3. The fourth-order valence-corrected chi connectivity index (χ4v) is 4.02. The highest BCUT2D eigenvalue weighted by Crippen LogP contribution is 2.47. The fourth-order valence-electron chi connectivity index (χ4n) is 4.02. The maximum absolute atomic E-state index is 13.3. The zero-order valence-corrected chi connectivity index (χ0v) is 16.4. The van der Waals surface area contributed by atoms with Crippen LogP contribution >= 0.6 is 0 Å². The number of esters is 1. The van der Waals surface area contributed by atoms with Crippen LogP contribution in [-0.2, 0) is 9.53 Å². The fraction of sp³-hybridized carbons (Fsp3) is 0.217. The van der Waals surface area contributed by atoms with Gasteiger partial charge in [-0.25, -0.2) is 4.79 Å². The Morgan fingerprint density at radius 2 is 1.90 bits per heavy atom. The predicted molar refractivity (Wildman–Crippen MR) is 108 cm³/mol. The van der Waals surface area contributed by atoms with Crippen LogP contribution in [0.2, 0.25) is 0 Å². The zero-order chi connectivity index (χ0) is 20.7. The van der Waals surface area contributed by atoms with Gasteiger partial charge in [0.2, 0.25) is 0 Å². The smallest absolute Gasteiger partial charge is 0.336 e. The summed E-state index contributed by atoms with van der Waals surface area (Å²) in [7, 11) is 1.45. The van der Waals surface area contributed by atoms with Crippen LogP contribution in [0.15, 0.2) is 59.3 Å². The number of nitrogens with one attached hydrogen (secondary N) is 1. The molecule has 1 aliphatic carbocycles. The van der Waals surface area contributed by atoms with Crippen LogP contribution in [0.1, 0.15) is 41.3 Å².